The van der Waals surface area contributed by atoms with Crippen molar-refractivity contribution in [2.24, 2.45) is 0 Å². The maximum atomic E-state index is 12.8. The molecule has 23 heavy (non-hydrogen) atoms. The zero-order chi connectivity index (χ0) is 16.8. The standard InChI is InChI=1S/C16H22N4O2S/c1-11(2)13-9-14(19-16(17)18-13)15(22)20(6-4-7-21)10-12-5-3-8-23-12/h3,5,8-9,11,21H,4,6-7,10H2,1-2H3,(H2,17,18,19). The van der Waals surface area contributed by atoms with Crippen LogP contribution < -0.4 is 5.73 Å². The van der Waals surface area contributed by atoms with Crippen molar-refractivity contribution in [2.75, 3.05) is 18.9 Å². The third-order valence-corrected chi connectivity index (χ3v) is 4.24. The first-order chi connectivity index (χ1) is 11.0. The van der Waals surface area contributed by atoms with Gasteiger partial charge in [0.1, 0.15) is 5.69 Å². The van der Waals surface area contributed by atoms with Gasteiger partial charge in [0.25, 0.3) is 5.91 Å². The number of nitrogen functional groups attached to an aromatic ring is 1. The van der Waals surface area contributed by atoms with Crippen LogP contribution in [-0.2, 0) is 6.54 Å². The van der Waals surface area contributed by atoms with Crippen LogP contribution in [0.25, 0.3) is 0 Å². The average molecular weight is 334 g/mol. The van der Waals surface area contributed by atoms with E-state index in [2.05, 4.69) is 9.97 Å². The first-order valence-corrected chi connectivity index (χ1v) is 8.46. The lowest BCUT2D eigenvalue weighted by molar-refractivity contribution is 0.0727. The van der Waals surface area contributed by atoms with Crippen LogP contribution in [0.1, 0.15) is 47.2 Å². The summed E-state index contributed by atoms with van der Waals surface area (Å²) in [7, 11) is 0. The van der Waals surface area contributed by atoms with Gasteiger partial charge in [-0.1, -0.05) is 19.9 Å². The molecule has 1 amide bonds. The van der Waals surface area contributed by atoms with E-state index in [1.54, 1.807) is 22.3 Å². The Balaban J connectivity index is 2.25. The average Bonchev–Trinajstić information content (AvgIpc) is 3.03. The van der Waals surface area contributed by atoms with E-state index in [1.807, 2.05) is 31.4 Å². The van der Waals surface area contributed by atoms with Gasteiger partial charge in [-0.15, -0.1) is 11.3 Å². The first kappa shape index (κ1) is 17.4. The molecule has 3 N–H and O–H groups in total. The van der Waals surface area contributed by atoms with Crippen LogP contribution >= 0.6 is 11.3 Å². The summed E-state index contributed by atoms with van der Waals surface area (Å²) in [6, 6.07) is 5.63. The third-order valence-electron chi connectivity index (χ3n) is 3.37. The summed E-state index contributed by atoms with van der Waals surface area (Å²) in [6.07, 6.45) is 0.523. The van der Waals surface area contributed by atoms with Crippen LogP contribution in [0.15, 0.2) is 23.6 Å². The largest absolute Gasteiger partial charge is 0.396 e. The van der Waals surface area contributed by atoms with Crippen molar-refractivity contribution < 1.29 is 9.90 Å². The molecule has 0 atom stereocenters. The van der Waals surface area contributed by atoms with Crippen molar-refractivity contribution in [2.45, 2.75) is 32.7 Å². The highest BCUT2D eigenvalue weighted by Crippen LogP contribution is 2.17. The predicted octanol–water partition coefficient (Wildman–Crippen LogP) is 2.27. The molecule has 0 aromatic carbocycles. The molecule has 0 aliphatic heterocycles. The van der Waals surface area contributed by atoms with Crippen LogP contribution in [0.2, 0.25) is 0 Å². The maximum Gasteiger partial charge on any atom is 0.272 e. The van der Waals surface area contributed by atoms with Gasteiger partial charge < -0.3 is 15.7 Å². The number of hydrogen-bond donors (Lipinski definition) is 2. The fourth-order valence-corrected chi connectivity index (χ4v) is 2.88. The smallest absolute Gasteiger partial charge is 0.272 e. The molecule has 0 bridgehead atoms. The second-order valence-corrected chi connectivity index (χ2v) is 6.61. The topological polar surface area (TPSA) is 92.3 Å². The molecule has 0 unspecified atom stereocenters. The summed E-state index contributed by atoms with van der Waals surface area (Å²) in [5.74, 6) is 0.0793. The number of amides is 1. The zero-order valence-electron chi connectivity index (χ0n) is 13.4. The van der Waals surface area contributed by atoms with Crippen molar-refractivity contribution in [3.8, 4) is 0 Å². The Kier molecular flexibility index (Phi) is 6.06. The second kappa shape index (κ2) is 8.03. The fourth-order valence-electron chi connectivity index (χ4n) is 2.16. The van der Waals surface area contributed by atoms with Crippen molar-refractivity contribution in [1.82, 2.24) is 14.9 Å². The molecular formula is C16H22N4O2S. The van der Waals surface area contributed by atoms with Crippen LogP contribution in [0.3, 0.4) is 0 Å². The molecule has 2 aromatic rings. The van der Waals surface area contributed by atoms with E-state index in [1.165, 1.54) is 0 Å². The van der Waals surface area contributed by atoms with Crippen LogP contribution in [-0.4, -0.2) is 39.0 Å². The van der Waals surface area contributed by atoms with Crippen LogP contribution in [0.4, 0.5) is 5.95 Å². The molecule has 124 valence electrons. The normalized spacial score (nSPS) is 11.0. The number of carbonyl (C=O) groups is 1. The Morgan fingerprint density at radius 2 is 2.22 bits per heavy atom. The molecule has 7 heteroatoms. The quantitative estimate of drug-likeness (QED) is 0.810. The number of thiophene rings is 1. The maximum absolute atomic E-state index is 12.8. The highest BCUT2D eigenvalue weighted by atomic mass is 32.1. The van der Waals surface area contributed by atoms with E-state index in [0.29, 0.717) is 25.2 Å². The number of nitrogens with two attached hydrogens (primary N) is 1. The number of aliphatic hydroxyl groups excluding tert-OH is 1. The van der Waals surface area contributed by atoms with Gasteiger partial charge in [-0.3, -0.25) is 4.79 Å². The van der Waals surface area contributed by atoms with E-state index in [0.717, 1.165) is 10.6 Å². The molecule has 2 rings (SSSR count). The molecule has 0 aliphatic carbocycles. The highest BCUT2D eigenvalue weighted by Gasteiger charge is 2.20. The highest BCUT2D eigenvalue weighted by molar-refractivity contribution is 7.09. The van der Waals surface area contributed by atoms with Crippen molar-refractivity contribution in [1.29, 1.82) is 0 Å². The van der Waals surface area contributed by atoms with Crippen molar-refractivity contribution >= 4 is 23.2 Å². The van der Waals surface area contributed by atoms with Crippen LogP contribution in [0.5, 0.6) is 0 Å². The number of aliphatic hydroxyl groups is 1. The summed E-state index contributed by atoms with van der Waals surface area (Å²) in [6.45, 7) is 4.99. The van der Waals surface area contributed by atoms with Crippen LogP contribution in [0, 0.1) is 0 Å². The van der Waals surface area contributed by atoms with Gasteiger partial charge in [-0.05, 0) is 29.9 Å². The van der Waals surface area contributed by atoms with E-state index in [4.69, 9.17) is 10.8 Å². The van der Waals surface area contributed by atoms with Gasteiger partial charge >= 0.3 is 0 Å². The molecule has 2 aromatic heterocycles. The Morgan fingerprint density at radius 3 is 2.83 bits per heavy atom. The number of nitrogens with zero attached hydrogens (tertiary/aromatic N) is 3. The minimum atomic E-state index is -0.192. The number of aromatic nitrogens is 2. The van der Waals surface area contributed by atoms with Gasteiger partial charge in [0.05, 0.1) is 6.54 Å². The van der Waals surface area contributed by atoms with Crippen molar-refractivity contribution in [3.05, 3.63) is 39.8 Å². The fraction of sp³-hybridized carbons (Fsp3) is 0.438. The SMILES string of the molecule is CC(C)c1cc(C(=O)N(CCCO)Cc2cccs2)nc(N)n1. The Bertz CT molecular complexity index is 644. The van der Waals surface area contributed by atoms with E-state index in [9.17, 15) is 4.79 Å². The Labute approximate surface area is 140 Å². The molecule has 0 fully saturated rings. The Hall–Kier alpha value is -1.99. The molecule has 0 spiro atoms. The summed E-state index contributed by atoms with van der Waals surface area (Å²) in [5, 5.41) is 11.0. The zero-order valence-corrected chi connectivity index (χ0v) is 14.2. The summed E-state index contributed by atoms with van der Waals surface area (Å²) in [5.41, 5.74) is 6.79. The minimum Gasteiger partial charge on any atom is -0.396 e. The number of carbonyl (C=O) groups excluding carboxylic acids is 1. The van der Waals surface area contributed by atoms with Gasteiger partial charge in [-0.2, -0.15) is 0 Å². The van der Waals surface area contributed by atoms with E-state index < -0.39 is 0 Å². The number of anilines is 1. The number of hydrogen-bond acceptors (Lipinski definition) is 6. The molecule has 0 aliphatic rings. The van der Waals surface area contributed by atoms with Gasteiger partial charge in [0.2, 0.25) is 5.95 Å². The van der Waals surface area contributed by atoms with Gasteiger partial charge in [0, 0.05) is 23.7 Å². The molecule has 2 heterocycles. The van der Waals surface area contributed by atoms with Gasteiger partial charge in [0.15, 0.2) is 0 Å². The molecule has 0 saturated carbocycles. The lowest BCUT2D eigenvalue weighted by Gasteiger charge is -2.22. The molecule has 0 saturated heterocycles. The lowest BCUT2D eigenvalue weighted by atomic mass is 10.1. The van der Waals surface area contributed by atoms with Crippen molar-refractivity contribution in [3.63, 3.8) is 0 Å². The third kappa shape index (κ3) is 4.74. The summed E-state index contributed by atoms with van der Waals surface area (Å²) in [4.78, 5) is 23.8. The second-order valence-electron chi connectivity index (χ2n) is 5.57. The Morgan fingerprint density at radius 1 is 1.43 bits per heavy atom. The number of rotatable bonds is 7. The lowest BCUT2D eigenvalue weighted by Crippen LogP contribution is -2.32. The van der Waals surface area contributed by atoms with E-state index >= 15 is 0 Å². The predicted molar refractivity (Wildman–Crippen MR) is 91.3 cm³/mol. The first-order valence-electron chi connectivity index (χ1n) is 7.58. The summed E-state index contributed by atoms with van der Waals surface area (Å²) >= 11 is 1.59. The summed E-state index contributed by atoms with van der Waals surface area (Å²) < 4.78 is 0. The molecular weight excluding hydrogens is 312 g/mol. The van der Waals surface area contributed by atoms with E-state index in [-0.39, 0.29) is 24.4 Å². The molecule has 6 nitrogen and oxygen atoms in total. The monoisotopic (exact) mass is 334 g/mol. The molecule has 0 radical (unpaired) electrons. The van der Waals surface area contributed by atoms with Gasteiger partial charge in [-0.25, -0.2) is 9.97 Å². The minimum absolute atomic E-state index is 0.0391.